The van der Waals surface area contributed by atoms with Gasteiger partial charge in [-0.05, 0) is 57.1 Å². The van der Waals surface area contributed by atoms with Crippen LogP contribution in [0.25, 0.3) is 0 Å². The van der Waals surface area contributed by atoms with Gasteiger partial charge >= 0.3 is 0 Å². The average Bonchev–Trinajstić information content (AvgIpc) is 2.68. The number of nitrogens with zero attached hydrogens (tertiary/aromatic N) is 1. The molecule has 0 aromatic heterocycles. The van der Waals surface area contributed by atoms with Gasteiger partial charge in [-0.1, -0.05) is 0 Å². The summed E-state index contributed by atoms with van der Waals surface area (Å²) in [6.45, 7) is 1.96. The van der Waals surface area contributed by atoms with Crippen LogP contribution in [0.4, 0.5) is 0 Å². The molecule has 0 aliphatic carbocycles. The number of phenols is 1. The van der Waals surface area contributed by atoms with Crippen LogP contribution < -0.4 is 4.74 Å². The molecule has 0 radical (unpaired) electrons. The summed E-state index contributed by atoms with van der Waals surface area (Å²) in [6, 6.07) is 7.58. The van der Waals surface area contributed by atoms with E-state index in [0.717, 1.165) is 18.8 Å². The molecule has 1 aliphatic heterocycles. The number of ether oxygens (including phenoxy) is 1. The van der Waals surface area contributed by atoms with Crippen molar-refractivity contribution in [2.75, 3.05) is 20.2 Å². The second-order valence-corrected chi connectivity index (χ2v) is 4.41. The van der Waals surface area contributed by atoms with Crippen LogP contribution in [0.3, 0.4) is 0 Å². The van der Waals surface area contributed by atoms with Crippen LogP contribution in [0.1, 0.15) is 19.3 Å². The van der Waals surface area contributed by atoms with Gasteiger partial charge in [-0.25, -0.2) is 0 Å². The standard InChI is InChI=1S/C13H19NO2/c1-14-9-2-3-11(14)8-10-16-13-6-4-12(15)5-7-13/h4-7,11,15H,2-3,8-10H2,1H3. The summed E-state index contributed by atoms with van der Waals surface area (Å²) in [4.78, 5) is 2.40. The molecule has 1 heterocycles. The molecule has 0 amide bonds. The number of phenolic OH excluding ortho intramolecular Hbond substituents is 1. The van der Waals surface area contributed by atoms with Crippen molar-refractivity contribution >= 4 is 0 Å². The first-order valence-corrected chi connectivity index (χ1v) is 5.88. The number of hydrogen-bond donors (Lipinski definition) is 1. The Hall–Kier alpha value is -1.22. The molecule has 1 saturated heterocycles. The van der Waals surface area contributed by atoms with Crippen LogP contribution in [0, 0.1) is 0 Å². The van der Waals surface area contributed by atoms with Gasteiger partial charge in [0.15, 0.2) is 0 Å². The fourth-order valence-electron chi connectivity index (χ4n) is 2.20. The molecule has 16 heavy (non-hydrogen) atoms. The predicted octanol–water partition coefficient (Wildman–Crippen LogP) is 2.26. The highest BCUT2D eigenvalue weighted by Crippen LogP contribution is 2.19. The zero-order valence-corrected chi connectivity index (χ0v) is 9.72. The van der Waals surface area contributed by atoms with Crippen LogP contribution in [0.15, 0.2) is 24.3 Å². The third kappa shape index (κ3) is 2.89. The quantitative estimate of drug-likeness (QED) is 0.846. The zero-order chi connectivity index (χ0) is 11.4. The Morgan fingerprint density at radius 2 is 2.12 bits per heavy atom. The van der Waals surface area contributed by atoms with Gasteiger partial charge < -0.3 is 14.7 Å². The van der Waals surface area contributed by atoms with Gasteiger partial charge in [-0.3, -0.25) is 0 Å². The number of aromatic hydroxyl groups is 1. The van der Waals surface area contributed by atoms with Gasteiger partial charge in [-0.15, -0.1) is 0 Å². The first-order valence-electron chi connectivity index (χ1n) is 5.88. The third-order valence-electron chi connectivity index (χ3n) is 3.23. The van der Waals surface area contributed by atoms with E-state index < -0.39 is 0 Å². The lowest BCUT2D eigenvalue weighted by molar-refractivity contribution is 0.233. The minimum Gasteiger partial charge on any atom is -0.508 e. The van der Waals surface area contributed by atoms with Crippen molar-refractivity contribution in [2.45, 2.75) is 25.3 Å². The Balaban J connectivity index is 1.73. The van der Waals surface area contributed by atoms with Gasteiger partial charge in [-0.2, -0.15) is 0 Å². The average molecular weight is 221 g/mol. The molecule has 88 valence electrons. The lowest BCUT2D eigenvalue weighted by Crippen LogP contribution is -2.26. The van der Waals surface area contributed by atoms with Crippen molar-refractivity contribution in [3.8, 4) is 11.5 Å². The molecular formula is C13H19NO2. The summed E-state index contributed by atoms with van der Waals surface area (Å²) in [5.74, 6) is 1.11. The molecular weight excluding hydrogens is 202 g/mol. The largest absolute Gasteiger partial charge is 0.508 e. The van der Waals surface area contributed by atoms with Crippen molar-refractivity contribution in [2.24, 2.45) is 0 Å². The Bertz CT molecular complexity index is 323. The van der Waals surface area contributed by atoms with E-state index in [4.69, 9.17) is 9.84 Å². The monoisotopic (exact) mass is 221 g/mol. The maximum atomic E-state index is 9.13. The van der Waals surface area contributed by atoms with Gasteiger partial charge in [0.05, 0.1) is 6.61 Å². The van der Waals surface area contributed by atoms with Crippen molar-refractivity contribution < 1.29 is 9.84 Å². The Morgan fingerprint density at radius 3 is 2.75 bits per heavy atom. The first-order chi connectivity index (χ1) is 7.75. The summed E-state index contributed by atoms with van der Waals surface area (Å²) in [5.41, 5.74) is 0. The molecule has 1 aromatic carbocycles. The van der Waals surface area contributed by atoms with Crippen molar-refractivity contribution in [3.05, 3.63) is 24.3 Å². The second-order valence-electron chi connectivity index (χ2n) is 4.41. The third-order valence-corrected chi connectivity index (χ3v) is 3.23. The van der Waals surface area contributed by atoms with E-state index in [0.29, 0.717) is 6.04 Å². The second kappa shape index (κ2) is 5.21. The molecule has 0 bridgehead atoms. The Morgan fingerprint density at radius 1 is 1.38 bits per heavy atom. The zero-order valence-electron chi connectivity index (χ0n) is 9.72. The highest BCUT2D eigenvalue weighted by molar-refractivity contribution is 5.29. The van der Waals surface area contributed by atoms with E-state index in [1.807, 2.05) is 0 Å². The van der Waals surface area contributed by atoms with Crippen molar-refractivity contribution in [3.63, 3.8) is 0 Å². The fourth-order valence-corrected chi connectivity index (χ4v) is 2.20. The van der Waals surface area contributed by atoms with Crippen molar-refractivity contribution in [1.82, 2.24) is 4.90 Å². The minimum atomic E-state index is 0.280. The molecule has 3 nitrogen and oxygen atoms in total. The highest BCUT2D eigenvalue weighted by Gasteiger charge is 2.20. The van der Waals surface area contributed by atoms with Crippen LogP contribution in [-0.4, -0.2) is 36.2 Å². The molecule has 3 heteroatoms. The maximum Gasteiger partial charge on any atom is 0.119 e. The number of benzene rings is 1. The molecule has 1 fully saturated rings. The van der Waals surface area contributed by atoms with Gasteiger partial charge in [0.25, 0.3) is 0 Å². The van der Waals surface area contributed by atoms with E-state index in [-0.39, 0.29) is 5.75 Å². The van der Waals surface area contributed by atoms with E-state index in [1.165, 1.54) is 19.4 Å². The first kappa shape index (κ1) is 11.3. The van der Waals surface area contributed by atoms with Crippen molar-refractivity contribution in [1.29, 1.82) is 0 Å². The fraction of sp³-hybridized carbons (Fsp3) is 0.538. The summed E-state index contributed by atoms with van der Waals surface area (Å²) in [7, 11) is 2.18. The summed E-state index contributed by atoms with van der Waals surface area (Å²) in [5, 5.41) is 9.13. The molecule has 1 aromatic rings. The van der Waals surface area contributed by atoms with Gasteiger partial charge in [0.2, 0.25) is 0 Å². The normalized spacial score (nSPS) is 21.2. The predicted molar refractivity (Wildman–Crippen MR) is 63.9 cm³/mol. The summed E-state index contributed by atoms with van der Waals surface area (Å²) < 4.78 is 5.63. The molecule has 2 rings (SSSR count). The highest BCUT2D eigenvalue weighted by atomic mass is 16.5. The lowest BCUT2D eigenvalue weighted by Gasteiger charge is -2.19. The number of rotatable bonds is 4. The number of hydrogen-bond acceptors (Lipinski definition) is 3. The Kier molecular flexibility index (Phi) is 3.67. The SMILES string of the molecule is CN1CCCC1CCOc1ccc(O)cc1. The topological polar surface area (TPSA) is 32.7 Å². The number of likely N-dealkylation sites (tertiary alicyclic amines) is 1. The van der Waals surface area contributed by atoms with Crippen LogP contribution >= 0.6 is 0 Å². The molecule has 1 atom stereocenters. The molecule has 0 spiro atoms. The van der Waals surface area contributed by atoms with Gasteiger partial charge in [0, 0.05) is 6.04 Å². The summed E-state index contributed by atoms with van der Waals surface area (Å²) in [6.07, 6.45) is 3.67. The van der Waals surface area contributed by atoms with E-state index in [9.17, 15) is 0 Å². The van der Waals surface area contributed by atoms with E-state index in [1.54, 1.807) is 24.3 Å². The smallest absolute Gasteiger partial charge is 0.119 e. The molecule has 1 N–H and O–H groups in total. The van der Waals surface area contributed by atoms with E-state index >= 15 is 0 Å². The summed E-state index contributed by atoms with van der Waals surface area (Å²) >= 11 is 0. The minimum absolute atomic E-state index is 0.280. The Labute approximate surface area is 96.6 Å². The lowest BCUT2D eigenvalue weighted by atomic mass is 10.1. The van der Waals surface area contributed by atoms with Crippen LogP contribution in [-0.2, 0) is 0 Å². The molecule has 1 unspecified atom stereocenters. The van der Waals surface area contributed by atoms with Gasteiger partial charge in [0.1, 0.15) is 11.5 Å². The maximum absolute atomic E-state index is 9.13. The van der Waals surface area contributed by atoms with Crippen LogP contribution in [0.2, 0.25) is 0 Å². The van der Waals surface area contributed by atoms with Crippen LogP contribution in [0.5, 0.6) is 11.5 Å². The van der Waals surface area contributed by atoms with E-state index in [2.05, 4.69) is 11.9 Å². The molecule has 1 aliphatic rings. The molecule has 0 saturated carbocycles.